The van der Waals surface area contributed by atoms with E-state index in [1.165, 1.54) is 13.0 Å². The fraction of sp³-hybridized carbons (Fsp3) is 0.261. The summed E-state index contributed by atoms with van der Waals surface area (Å²) in [5, 5.41) is 13.5. The van der Waals surface area contributed by atoms with E-state index in [9.17, 15) is 23.9 Å². The highest BCUT2D eigenvalue weighted by atomic mass is 19.1. The summed E-state index contributed by atoms with van der Waals surface area (Å²) in [7, 11) is 0. The highest BCUT2D eigenvalue weighted by molar-refractivity contribution is 6.19. The van der Waals surface area contributed by atoms with Crippen molar-refractivity contribution in [1.29, 1.82) is 0 Å². The van der Waals surface area contributed by atoms with Crippen LogP contribution in [0.1, 0.15) is 54.0 Å². The largest absolute Gasteiger partial charge is 0.494 e. The number of nitrogens with zero attached hydrogens (tertiary/aromatic N) is 1. The number of carbonyl (C=O) groups is 3. The van der Waals surface area contributed by atoms with Gasteiger partial charge in [0.25, 0.3) is 0 Å². The number of aromatic nitrogens is 1. The van der Waals surface area contributed by atoms with E-state index in [0.29, 0.717) is 5.56 Å². The van der Waals surface area contributed by atoms with E-state index in [4.69, 9.17) is 4.74 Å². The molecule has 0 fully saturated rings. The third-order valence-corrected chi connectivity index (χ3v) is 4.47. The quantitative estimate of drug-likeness (QED) is 0.603. The Bertz CT molecular complexity index is 1190. The number of rotatable bonds is 4. The van der Waals surface area contributed by atoms with Crippen LogP contribution in [0.2, 0.25) is 0 Å². The molecule has 7 nitrogen and oxygen atoms in total. The Kier molecular flexibility index (Phi) is 5.83. The molecule has 1 aromatic heterocycles. The zero-order valence-corrected chi connectivity index (χ0v) is 17.7. The van der Waals surface area contributed by atoms with Gasteiger partial charge in [0, 0.05) is 24.4 Å². The maximum absolute atomic E-state index is 13.7. The van der Waals surface area contributed by atoms with Gasteiger partial charge in [-0.3, -0.25) is 9.59 Å². The number of halogens is 1. The third kappa shape index (κ3) is 4.74. The van der Waals surface area contributed by atoms with Crippen molar-refractivity contribution in [2.45, 2.75) is 39.8 Å². The fourth-order valence-corrected chi connectivity index (χ4v) is 3.25. The predicted molar refractivity (Wildman–Crippen MR) is 113 cm³/mol. The maximum Gasteiger partial charge on any atom is 0.407 e. The van der Waals surface area contributed by atoms with E-state index in [1.54, 1.807) is 45.0 Å². The van der Waals surface area contributed by atoms with Gasteiger partial charge in [-0.25, -0.2) is 13.8 Å². The van der Waals surface area contributed by atoms with Crippen molar-refractivity contribution in [3.05, 3.63) is 65.0 Å². The molecule has 162 valence electrons. The molecule has 0 aliphatic carbocycles. The standard InChI is InChI=1S/C23H23FN2O5/c1-13(27)26-18-11-16(24)8-9-17(18)19(21(26)29)20(28)15-7-5-6-14(10-15)12-25-22(30)31-23(2,3)4/h5-11,29H,12H2,1-4H3,(H,25,30). The topological polar surface area (TPSA) is 97.6 Å². The van der Waals surface area contributed by atoms with Gasteiger partial charge in [-0.2, -0.15) is 0 Å². The van der Waals surface area contributed by atoms with Crippen LogP contribution in [-0.4, -0.2) is 33.1 Å². The van der Waals surface area contributed by atoms with Crippen molar-refractivity contribution in [2.75, 3.05) is 0 Å². The van der Waals surface area contributed by atoms with Crippen LogP contribution in [-0.2, 0) is 11.3 Å². The molecule has 0 aliphatic rings. The maximum atomic E-state index is 13.7. The van der Waals surface area contributed by atoms with Gasteiger partial charge < -0.3 is 15.2 Å². The molecule has 1 amide bonds. The number of alkyl carbamates (subject to hydrolysis) is 1. The van der Waals surface area contributed by atoms with Gasteiger partial charge in [0.15, 0.2) is 5.78 Å². The van der Waals surface area contributed by atoms with Crippen molar-refractivity contribution in [2.24, 2.45) is 0 Å². The average Bonchev–Trinajstić information content (AvgIpc) is 2.95. The van der Waals surface area contributed by atoms with Crippen LogP contribution in [0.5, 0.6) is 5.88 Å². The number of benzene rings is 2. The van der Waals surface area contributed by atoms with Crippen LogP contribution in [0.25, 0.3) is 10.9 Å². The average molecular weight is 426 g/mol. The molecule has 3 rings (SSSR count). The second-order valence-corrected chi connectivity index (χ2v) is 8.10. The van der Waals surface area contributed by atoms with E-state index in [0.717, 1.165) is 16.7 Å². The van der Waals surface area contributed by atoms with Gasteiger partial charge in [0.1, 0.15) is 11.4 Å². The summed E-state index contributed by atoms with van der Waals surface area (Å²) in [6, 6.07) is 10.1. The molecular formula is C23H23FN2O5. The van der Waals surface area contributed by atoms with E-state index in [2.05, 4.69) is 5.32 Å². The first kappa shape index (κ1) is 22.0. The van der Waals surface area contributed by atoms with Crippen molar-refractivity contribution >= 4 is 28.7 Å². The first-order chi connectivity index (χ1) is 14.5. The first-order valence-electron chi connectivity index (χ1n) is 9.62. The SMILES string of the molecule is CC(=O)n1c(O)c(C(=O)c2cccc(CNC(=O)OC(C)(C)C)c2)c2ccc(F)cc21. The van der Waals surface area contributed by atoms with Crippen LogP contribution in [0.3, 0.4) is 0 Å². The third-order valence-electron chi connectivity index (χ3n) is 4.47. The number of hydrogen-bond acceptors (Lipinski definition) is 5. The molecule has 2 N–H and O–H groups in total. The van der Waals surface area contributed by atoms with Gasteiger partial charge in [0.2, 0.25) is 11.8 Å². The minimum absolute atomic E-state index is 0.0950. The summed E-state index contributed by atoms with van der Waals surface area (Å²) in [5.74, 6) is -2.23. The fourth-order valence-electron chi connectivity index (χ4n) is 3.25. The van der Waals surface area contributed by atoms with Crippen molar-refractivity contribution in [1.82, 2.24) is 9.88 Å². The second-order valence-electron chi connectivity index (χ2n) is 8.10. The monoisotopic (exact) mass is 426 g/mol. The molecule has 0 aliphatic heterocycles. The van der Waals surface area contributed by atoms with Crippen LogP contribution in [0, 0.1) is 5.82 Å². The van der Waals surface area contributed by atoms with Gasteiger partial charge in [-0.05, 0) is 50.6 Å². The molecular weight excluding hydrogens is 403 g/mol. The molecule has 1 heterocycles. The smallest absolute Gasteiger partial charge is 0.407 e. The second kappa shape index (κ2) is 8.22. The lowest BCUT2D eigenvalue weighted by atomic mass is 10.0. The Morgan fingerprint density at radius 1 is 1.13 bits per heavy atom. The number of fused-ring (bicyclic) bond motifs is 1. The number of ether oxygens (including phenoxy) is 1. The molecule has 0 unspecified atom stereocenters. The molecule has 3 aromatic rings. The van der Waals surface area contributed by atoms with Gasteiger partial charge in [0.05, 0.1) is 11.1 Å². The van der Waals surface area contributed by atoms with Gasteiger partial charge in [-0.1, -0.05) is 18.2 Å². The minimum atomic E-state index is -0.635. The van der Waals surface area contributed by atoms with Crippen LogP contribution in [0.15, 0.2) is 42.5 Å². The van der Waals surface area contributed by atoms with Crippen LogP contribution >= 0.6 is 0 Å². The van der Waals surface area contributed by atoms with E-state index in [-0.39, 0.29) is 28.6 Å². The highest BCUT2D eigenvalue weighted by Crippen LogP contribution is 2.33. The molecule has 0 radical (unpaired) electrons. The molecule has 0 spiro atoms. The molecule has 0 saturated carbocycles. The highest BCUT2D eigenvalue weighted by Gasteiger charge is 2.25. The van der Waals surface area contributed by atoms with Crippen molar-refractivity contribution in [3.8, 4) is 5.88 Å². The predicted octanol–water partition coefficient (Wildman–Crippen LogP) is 4.40. The zero-order chi connectivity index (χ0) is 22.9. The number of amides is 1. The Balaban J connectivity index is 1.93. The number of hydrogen-bond donors (Lipinski definition) is 2. The molecule has 0 saturated heterocycles. The number of nitrogens with one attached hydrogen (secondary N) is 1. The number of carbonyl (C=O) groups excluding carboxylic acids is 3. The lowest BCUT2D eigenvalue weighted by Gasteiger charge is -2.19. The van der Waals surface area contributed by atoms with Gasteiger partial charge in [-0.15, -0.1) is 0 Å². The Morgan fingerprint density at radius 3 is 2.48 bits per heavy atom. The normalized spacial score (nSPS) is 11.4. The van der Waals surface area contributed by atoms with Crippen molar-refractivity contribution < 1.29 is 28.6 Å². The molecule has 8 heteroatoms. The lowest BCUT2D eigenvalue weighted by Crippen LogP contribution is -2.32. The Labute approximate surface area is 178 Å². The number of aromatic hydroxyl groups is 1. The molecule has 31 heavy (non-hydrogen) atoms. The molecule has 0 bridgehead atoms. The van der Waals surface area contributed by atoms with Crippen LogP contribution < -0.4 is 5.32 Å². The van der Waals surface area contributed by atoms with Crippen LogP contribution in [0.4, 0.5) is 9.18 Å². The molecule has 0 atom stereocenters. The van der Waals surface area contributed by atoms with E-state index < -0.39 is 35.1 Å². The summed E-state index contributed by atoms with van der Waals surface area (Å²) in [6.45, 7) is 6.59. The lowest BCUT2D eigenvalue weighted by molar-refractivity contribution is 0.0523. The zero-order valence-electron chi connectivity index (χ0n) is 17.7. The summed E-state index contributed by atoms with van der Waals surface area (Å²) in [5.41, 5.74) is 0.255. The molecule has 2 aromatic carbocycles. The van der Waals surface area contributed by atoms with Gasteiger partial charge >= 0.3 is 6.09 Å². The Morgan fingerprint density at radius 2 is 1.84 bits per heavy atom. The Hall–Kier alpha value is -3.68. The first-order valence-corrected chi connectivity index (χ1v) is 9.62. The minimum Gasteiger partial charge on any atom is -0.494 e. The summed E-state index contributed by atoms with van der Waals surface area (Å²) >= 11 is 0. The summed E-state index contributed by atoms with van der Waals surface area (Å²) < 4.78 is 19.8. The summed E-state index contributed by atoms with van der Waals surface area (Å²) in [6.07, 6.45) is -0.589. The van der Waals surface area contributed by atoms with E-state index in [1.807, 2.05) is 0 Å². The number of ketones is 1. The van der Waals surface area contributed by atoms with E-state index >= 15 is 0 Å². The van der Waals surface area contributed by atoms with Crippen molar-refractivity contribution in [3.63, 3.8) is 0 Å². The summed E-state index contributed by atoms with van der Waals surface area (Å²) in [4.78, 5) is 37.0.